The molecule has 2 heterocycles. The van der Waals surface area contributed by atoms with Crippen LogP contribution in [0.25, 0.3) is 0 Å². The molecule has 2 aliphatic heterocycles. The van der Waals surface area contributed by atoms with E-state index in [2.05, 4.69) is 42.7 Å². The monoisotopic (exact) mass is 329 g/mol. The summed E-state index contributed by atoms with van der Waals surface area (Å²) in [6.07, 6.45) is 0.688. The maximum Gasteiger partial charge on any atom is 0.246 e. The van der Waals surface area contributed by atoms with E-state index in [9.17, 15) is 9.59 Å². The lowest BCUT2D eigenvalue weighted by Gasteiger charge is -2.36. The number of fused-ring (bicyclic) bond motifs is 1. The lowest BCUT2D eigenvalue weighted by atomic mass is 9.98. The highest BCUT2D eigenvalue weighted by molar-refractivity contribution is 5.97. The van der Waals surface area contributed by atoms with E-state index in [0.29, 0.717) is 13.0 Å². The summed E-state index contributed by atoms with van der Waals surface area (Å²) in [4.78, 5) is 26.7. The number of carbonyl (C=O) groups is 2. The first kappa shape index (κ1) is 17.0. The minimum Gasteiger partial charge on any atom is -0.342 e. The van der Waals surface area contributed by atoms with Gasteiger partial charge in [0.2, 0.25) is 11.8 Å². The summed E-state index contributed by atoms with van der Waals surface area (Å²) in [5.74, 6) is 0.166. The second-order valence-corrected chi connectivity index (χ2v) is 7.48. The third kappa shape index (κ3) is 3.18. The molecule has 0 aromatic heterocycles. The molecule has 0 unspecified atom stereocenters. The van der Waals surface area contributed by atoms with Gasteiger partial charge in [-0.25, -0.2) is 0 Å². The number of hydrogen-bond donors (Lipinski definition) is 2. The predicted molar refractivity (Wildman–Crippen MR) is 93.4 cm³/mol. The number of hydrogen-bond acceptors (Lipinski definition) is 3. The van der Waals surface area contributed by atoms with Gasteiger partial charge in [0.1, 0.15) is 12.1 Å². The SMILES string of the molecule is Cc1ccc(C)c(CN[C@H]2C[C@H]3C(=O)N[C@H](C(C)C)C(=O)N3C2)c1. The maximum absolute atomic E-state index is 12.6. The zero-order valence-electron chi connectivity index (χ0n) is 14.9. The molecule has 0 saturated carbocycles. The minimum absolute atomic E-state index is 0.00987. The number of nitrogens with zero attached hydrogens (tertiary/aromatic N) is 1. The molecule has 1 aromatic carbocycles. The molecule has 3 rings (SSSR count). The Kier molecular flexibility index (Phi) is 4.63. The molecule has 2 amide bonds. The van der Waals surface area contributed by atoms with Crippen molar-refractivity contribution in [1.29, 1.82) is 0 Å². The number of rotatable bonds is 4. The lowest BCUT2D eigenvalue weighted by molar-refractivity contribution is -0.148. The van der Waals surface area contributed by atoms with Crippen molar-refractivity contribution in [2.24, 2.45) is 5.92 Å². The van der Waals surface area contributed by atoms with Crippen LogP contribution in [0.5, 0.6) is 0 Å². The molecule has 0 bridgehead atoms. The van der Waals surface area contributed by atoms with Crippen LogP contribution in [0.15, 0.2) is 18.2 Å². The number of benzene rings is 1. The fourth-order valence-electron chi connectivity index (χ4n) is 3.66. The fraction of sp³-hybridized carbons (Fsp3) is 0.579. The van der Waals surface area contributed by atoms with Crippen LogP contribution in [0.3, 0.4) is 0 Å². The molecule has 2 saturated heterocycles. The molecule has 0 radical (unpaired) electrons. The molecular weight excluding hydrogens is 302 g/mol. The standard InChI is InChI=1S/C19H27N3O2/c1-11(2)17-19(24)22-10-15(8-16(22)18(23)21-17)20-9-14-7-12(3)5-6-13(14)4/h5-7,11,15-17,20H,8-10H2,1-4H3,(H,21,23)/t15-,16-,17+/m0/s1. The highest BCUT2D eigenvalue weighted by Crippen LogP contribution is 2.25. The molecule has 5 heteroatoms. The number of carbonyl (C=O) groups excluding carboxylic acids is 2. The molecule has 2 aliphatic rings. The fourth-order valence-corrected chi connectivity index (χ4v) is 3.66. The first-order chi connectivity index (χ1) is 11.4. The summed E-state index contributed by atoms with van der Waals surface area (Å²) in [6.45, 7) is 9.52. The quantitative estimate of drug-likeness (QED) is 0.880. The van der Waals surface area contributed by atoms with Crippen LogP contribution in [0.4, 0.5) is 0 Å². The Labute approximate surface area is 143 Å². The van der Waals surface area contributed by atoms with Crippen molar-refractivity contribution in [1.82, 2.24) is 15.5 Å². The normalized spacial score (nSPS) is 26.7. The van der Waals surface area contributed by atoms with E-state index in [0.717, 1.165) is 6.54 Å². The van der Waals surface area contributed by atoms with Gasteiger partial charge in [0.15, 0.2) is 0 Å². The average Bonchev–Trinajstić information content (AvgIpc) is 2.96. The Morgan fingerprint density at radius 3 is 2.75 bits per heavy atom. The van der Waals surface area contributed by atoms with Crippen molar-refractivity contribution >= 4 is 11.8 Å². The van der Waals surface area contributed by atoms with Gasteiger partial charge in [-0.3, -0.25) is 9.59 Å². The van der Waals surface area contributed by atoms with Crippen molar-refractivity contribution in [2.75, 3.05) is 6.54 Å². The topological polar surface area (TPSA) is 61.4 Å². The minimum atomic E-state index is -0.383. The van der Waals surface area contributed by atoms with Gasteiger partial charge in [-0.15, -0.1) is 0 Å². The van der Waals surface area contributed by atoms with Crippen LogP contribution >= 0.6 is 0 Å². The average molecular weight is 329 g/mol. The van der Waals surface area contributed by atoms with E-state index < -0.39 is 0 Å². The number of amides is 2. The Morgan fingerprint density at radius 1 is 1.29 bits per heavy atom. The summed E-state index contributed by atoms with van der Waals surface area (Å²) in [7, 11) is 0. The van der Waals surface area contributed by atoms with E-state index in [4.69, 9.17) is 0 Å². The van der Waals surface area contributed by atoms with Gasteiger partial charge < -0.3 is 15.5 Å². The van der Waals surface area contributed by atoms with Gasteiger partial charge in [-0.2, -0.15) is 0 Å². The third-order valence-corrected chi connectivity index (χ3v) is 5.20. The Morgan fingerprint density at radius 2 is 2.04 bits per heavy atom. The zero-order chi connectivity index (χ0) is 17.4. The largest absolute Gasteiger partial charge is 0.342 e. The lowest BCUT2D eigenvalue weighted by Crippen LogP contribution is -2.62. The van der Waals surface area contributed by atoms with Crippen molar-refractivity contribution in [3.8, 4) is 0 Å². The number of nitrogens with one attached hydrogen (secondary N) is 2. The number of piperazine rings is 1. The van der Waals surface area contributed by atoms with Crippen molar-refractivity contribution < 1.29 is 9.59 Å². The van der Waals surface area contributed by atoms with E-state index in [1.807, 2.05) is 13.8 Å². The van der Waals surface area contributed by atoms with Gasteiger partial charge in [-0.1, -0.05) is 37.6 Å². The molecule has 24 heavy (non-hydrogen) atoms. The highest BCUT2D eigenvalue weighted by atomic mass is 16.2. The maximum atomic E-state index is 12.6. The molecule has 0 aliphatic carbocycles. The Balaban J connectivity index is 1.65. The molecule has 5 nitrogen and oxygen atoms in total. The van der Waals surface area contributed by atoms with Crippen molar-refractivity contribution in [3.05, 3.63) is 34.9 Å². The van der Waals surface area contributed by atoms with E-state index in [1.54, 1.807) is 4.90 Å². The van der Waals surface area contributed by atoms with E-state index in [1.165, 1.54) is 16.7 Å². The van der Waals surface area contributed by atoms with Crippen LogP contribution < -0.4 is 10.6 Å². The second-order valence-electron chi connectivity index (χ2n) is 7.48. The van der Waals surface area contributed by atoms with Crippen LogP contribution in [-0.4, -0.2) is 41.4 Å². The van der Waals surface area contributed by atoms with Crippen LogP contribution in [0.2, 0.25) is 0 Å². The van der Waals surface area contributed by atoms with Gasteiger partial charge in [0.25, 0.3) is 0 Å². The molecule has 130 valence electrons. The van der Waals surface area contributed by atoms with Gasteiger partial charge >= 0.3 is 0 Å². The summed E-state index contributed by atoms with van der Waals surface area (Å²) in [6, 6.07) is 5.90. The number of aryl methyl sites for hydroxylation is 2. The predicted octanol–water partition coefficient (Wildman–Crippen LogP) is 1.52. The molecule has 0 spiro atoms. The van der Waals surface area contributed by atoms with Crippen molar-refractivity contribution in [3.63, 3.8) is 0 Å². The Bertz CT molecular complexity index is 656. The summed E-state index contributed by atoms with van der Waals surface area (Å²) in [5, 5.41) is 6.42. The molecule has 2 fully saturated rings. The molecular formula is C19H27N3O2. The molecule has 1 aromatic rings. The Hall–Kier alpha value is -1.88. The van der Waals surface area contributed by atoms with Crippen LogP contribution in [0.1, 0.15) is 37.0 Å². The smallest absolute Gasteiger partial charge is 0.246 e. The van der Waals surface area contributed by atoms with Crippen molar-refractivity contribution in [2.45, 2.75) is 58.8 Å². The summed E-state index contributed by atoms with van der Waals surface area (Å²) in [5.41, 5.74) is 3.78. The third-order valence-electron chi connectivity index (χ3n) is 5.20. The summed E-state index contributed by atoms with van der Waals surface area (Å²) >= 11 is 0. The van der Waals surface area contributed by atoms with Gasteiger partial charge in [0.05, 0.1) is 0 Å². The van der Waals surface area contributed by atoms with Crippen LogP contribution in [0, 0.1) is 19.8 Å². The highest BCUT2D eigenvalue weighted by Gasteiger charge is 2.46. The van der Waals surface area contributed by atoms with Crippen LogP contribution in [-0.2, 0) is 16.1 Å². The molecule has 2 N–H and O–H groups in total. The summed E-state index contributed by atoms with van der Waals surface area (Å²) < 4.78 is 0. The van der Waals surface area contributed by atoms with Gasteiger partial charge in [-0.05, 0) is 37.3 Å². The van der Waals surface area contributed by atoms with E-state index in [-0.39, 0.29) is 35.9 Å². The van der Waals surface area contributed by atoms with E-state index >= 15 is 0 Å². The zero-order valence-corrected chi connectivity index (χ0v) is 14.9. The molecule has 3 atom stereocenters. The first-order valence-electron chi connectivity index (χ1n) is 8.77. The van der Waals surface area contributed by atoms with Gasteiger partial charge in [0, 0.05) is 19.1 Å². The first-order valence-corrected chi connectivity index (χ1v) is 8.77. The second kappa shape index (κ2) is 6.55.